The maximum absolute atomic E-state index is 6.26. The van der Waals surface area contributed by atoms with Crippen LogP contribution >= 0.6 is 11.6 Å². The molecule has 0 saturated carbocycles. The van der Waals surface area contributed by atoms with Crippen LogP contribution in [0, 0.1) is 27.7 Å². The molecule has 0 radical (unpaired) electrons. The van der Waals surface area contributed by atoms with Gasteiger partial charge in [-0.05, 0) is 61.1 Å². The van der Waals surface area contributed by atoms with E-state index in [0.717, 1.165) is 0 Å². The third-order valence-corrected chi connectivity index (χ3v) is 3.86. The third kappa shape index (κ3) is 1.14. The second kappa shape index (κ2) is 3.13. The summed E-state index contributed by atoms with van der Waals surface area (Å²) in [5.41, 5.74) is 8.17. The van der Waals surface area contributed by atoms with Gasteiger partial charge in [-0.25, -0.2) is 0 Å². The van der Waals surface area contributed by atoms with Gasteiger partial charge in [-0.2, -0.15) is 0 Å². The van der Waals surface area contributed by atoms with Crippen molar-refractivity contribution in [2.75, 3.05) is 0 Å². The molecule has 0 bridgehead atoms. The fraction of sp³-hybridized carbons (Fsp3) is 0.385. The van der Waals surface area contributed by atoms with E-state index < -0.39 is 0 Å². The van der Waals surface area contributed by atoms with Gasteiger partial charge in [0, 0.05) is 0 Å². The summed E-state index contributed by atoms with van der Waals surface area (Å²) in [4.78, 5) is 0. The largest absolute Gasteiger partial charge is 0.113 e. The van der Waals surface area contributed by atoms with Crippen LogP contribution < -0.4 is 0 Å². The average molecular weight is 207 g/mol. The predicted octanol–water partition coefficient (Wildman–Crippen LogP) is 4.23. The van der Waals surface area contributed by atoms with Crippen LogP contribution in [0.15, 0.2) is 6.08 Å². The molecule has 0 N–H and O–H groups in total. The lowest BCUT2D eigenvalue weighted by Gasteiger charge is -2.16. The van der Waals surface area contributed by atoms with Crippen molar-refractivity contribution in [1.82, 2.24) is 0 Å². The Bertz CT molecular complexity index is 428. The van der Waals surface area contributed by atoms with Crippen molar-refractivity contribution < 1.29 is 0 Å². The Morgan fingerprint density at radius 3 is 2.14 bits per heavy atom. The van der Waals surface area contributed by atoms with Crippen molar-refractivity contribution in [1.29, 1.82) is 0 Å². The van der Waals surface area contributed by atoms with Gasteiger partial charge in [0.15, 0.2) is 0 Å². The Balaban J connectivity index is 2.82. The molecule has 0 aliphatic heterocycles. The summed E-state index contributed by atoms with van der Waals surface area (Å²) >= 11 is 6.26. The molecule has 1 atom stereocenters. The van der Waals surface area contributed by atoms with Crippen molar-refractivity contribution in [3.8, 4) is 0 Å². The van der Waals surface area contributed by atoms with Crippen molar-refractivity contribution in [3.63, 3.8) is 0 Å². The molecular weight excluding hydrogens is 192 g/mol. The number of hydrogen-bond acceptors (Lipinski definition) is 0. The van der Waals surface area contributed by atoms with Crippen LogP contribution in [0.5, 0.6) is 0 Å². The zero-order chi connectivity index (χ0) is 10.5. The minimum Gasteiger partial charge on any atom is -0.113 e. The minimum atomic E-state index is 0.0722. The Labute approximate surface area is 90.6 Å². The Kier molecular flexibility index (Phi) is 2.19. The molecule has 1 aliphatic carbocycles. The molecule has 0 aromatic heterocycles. The molecule has 1 heteroatoms. The van der Waals surface area contributed by atoms with E-state index in [4.69, 9.17) is 11.6 Å². The van der Waals surface area contributed by atoms with E-state index in [1.165, 1.54) is 33.4 Å². The van der Waals surface area contributed by atoms with Crippen molar-refractivity contribution in [3.05, 3.63) is 39.5 Å². The standard InChI is InChI=1S/C13H15Cl/c1-7-8(2)10(4)13-11(9(7)3)5-6-12(13)14/h5-6,12H,1-4H3. The average Bonchev–Trinajstić information content (AvgIpc) is 2.54. The first-order valence-electron chi connectivity index (χ1n) is 4.96. The molecule has 0 heterocycles. The molecule has 0 fully saturated rings. The van der Waals surface area contributed by atoms with Gasteiger partial charge in [0.25, 0.3) is 0 Å². The Hall–Kier alpha value is -0.750. The summed E-state index contributed by atoms with van der Waals surface area (Å²) in [6, 6.07) is 0. The summed E-state index contributed by atoms with van der Waals surface area (Å²) in [5, 5.41) is 0.0722. The first kappa shape index (κ1) is 9.79. The minimum absolute atomic E-state index is 0.0722. The molecular formula is C13H15Cl. The van der Waals surface area contributed by atoms with E-state index in [2.05, 4.69) is 39.8 Å². The second-order valence-electron chi connectivity index (χ2n) is 4.09. The van der Waals surface area contributed by atoms with Crippen molar-refractivity contribution >= 4 is 17.7 Å². The summed E-state index contributed by atoms with van der Waals surface area (Å²) in [5.74, 6) is 0. The number of fused-ring (bicyclic) bond motifs is 1. The van der Waals surface area contributed by atoms with Gasteiger partial charge in [-0.15, -0.1) is 11.6 Å². The molecule has 1 aliphatic rings. The van der Waals surface area contributed by atoms with Gasteiger partial charge < -0.3 is 0 Å². The summed E-state index contributed by atoms with van der Waals surface area (Å²) in [6.45, 7) is 8.72. The lowest BCUT2D eigenvalue weighted by Crippen LogP contribution is -2.00. The quantitative estimate of drug-likeness (QED) is 0.558. The molecule has 2 rings (SSSR count). The monoisotopic (exact) mass is 206 g/mol. The van der Waals surface area contributed by atoms with Crippen molar-refractivity contribution in [2.45, 2.75) is 33.1 Å². The van der Waals surface area contributed by atoms with E-state index in [-0.39, 0.29) is 5.38 Å². The molecule has 1 aromatic rings. The number of rotatable bonds is 0. The van der Waals surface area contributed by atoms with Crippen LogP contribution in [0.4, 0.5) is 0 Å². The zero-order valence-electron chi connectivity index (χ0n) is 9.11. The number of alkyl halides is 1. The maximum atomic E-state index is 6.26. The second-order valence-corrected chi connectivity index (χ2v) is 4.56. The molecule has 0 spiro atoms. The van der Waals surface area contributed by atoms with Crippen LogP contribution in [0.3, 0.4) is 0 Å². The lowest BCUT2D eigenvalue weighted by molar-refractivity contribution is 1.12. The highest BCUT2D eigenvalue weighted by Gasteiger charge is 2.21. The van der Waals surface area contributed by atoms with Crippen LogP contribution in [-0.4, -0.2) is 0 Å². The molecule has 1 unspecified atom stereocenters. The fourth-order valence-corrected chi connectivity index (χ4v) is 2.57. The first-order valence-corrected chi connectivity index (χ1v) is 5.40. The van der Waals surface area contributed by atoms with Crippen LogP contribution in [0.2, 0.25) is 0 Å². The van der Waals surface area contributed by atoms with E-state index in [1.54, 1.807) is 0 Å². The van der Waals surface area contributed by atoms with Crippen molar-refractivity contribution in [2.24, 2.45) is 0 Å². The number of allylic oxidation sites excluding steroid dienone is 1. The van der Waals surface area contributed by atoms with E-state index in [9.17, 15) is 0 Å². The Morgan fingerprint density at radius 2 is 1.50 bits per heavy atom. The van der Waals surface area contributed by atoms with Gasteiger partial charge >= 0.3 is 0 Å². The SMILES string of the molecule is Cc1c(C)c(C)c2c(c1C)C=CC2Cl. The van der Waals surface area contributed by atoms with Gasteiger partial charge in [0.2, 0.25) is 0 Å². The number of halogens is 1. The van der Waals surface area contributed by atoms with Crippen LogP contribution in [-0.2, 0) is 0 Å². The van der Waals surface area contributed by atoms with Gasteiger partial charge in [0.05, 0.1) is 5.38 Å². The first-order chi connectivity index (χ1) is 6.54. The maximum Gasteiger partial charge on any atom is 0.0777 e. The van der Waals surface area contributed by atoms with E-state index in [0.29, 0.717) is 0 Å². The van der Waals surface area contributed by atoms with Gasteiger partial charge in [-0.3, -0.25) is 0 Å². The topological polar surface area (TPSA) is 0 Å². The van der Waals surface area contributed by atoms with Gasteiger partial charge in [0.1, 0.15) is 0 Å². The number of hydrogen-bond donors (Lipinski definition) is 0. The highest BCUT2D eigenvalue weighted by Crippen LogP contribution is 2.39. The highest BCUT2D eigenvalue weighted by atomic mass is 35.5. The third-order valence-electron chi connectivity index (χ3n) is 3.49. The summed E-state index contributed by atoms with van der Waals surface area (Å²) in [7, 11) is 0. The number of benzene rings is 1. The summed E-state index contributed by atoms with van der Waals surface area (Å²) < 4.78 is 0. The molecule has 0 nitrogen and oxygen atoms in total. The zero-order valence-corrected chi connectivity index (χ0v) is 9.87. The molecule has 14 heavy (non-hydrogen) atoms. The normalized spacial score (nSPS) is 18.8. The lowest BCUT2D eigenvalue weighted by atomic mass is 9.90. The van der Waals surface area contributed by atoms with Gasteiger partial charge in [-0.1, -0.05) is 12.2 Å². The molecule has 1 aromatic carbocycles. The van der Waals surface area contributed by atoms with Crippen LogP contribution in [0.25, 0.3) is 6.08 Å². The van der Waals surface area contributed by atoms with E-state index >= 15 is 0 Å². The highest BCUT2D eigenvalue weighted by molar-refractivity contribution is 6.23. The Morgan fingerprint density at radius 1 is 0.929 bits per heavy atom. The summed E-state index contributed by atoms with van der Waals surface area (Å²) in [6.07, 6.45) is 4.23. The fourth-order valence-electron chi connectivity index (χ4n) is 2.22. The molecule has 0 amide bonds. The smallest absolute Gasteiger partial charge is 0.0777 e. The van der Waals surface area contributed by atoms with Crippen LogP contribution in [0.1, 0.15) is 38.8 Å². The predicted molar refractivity (Wildman–Crippen MR) is 63.0 cm³/mol. The molecule has 0 saturated heterocycles. The van der Waals surface area contributed by atoms with E-state index in [1.807, 2.05) is 0 Å². The molecule has 74 valence electrons.